The molecule has 0 saturated heterocycles. The summed E-state index contributed by atoms with van der Waals surface area (Å²) in [5.41, 5.74) is 1.45. The second-order valence-corrected chi connectivity index (χ2v) is 14.1. The monoisotopic (exact) mass is 713 g/mol. The third kappa shape index (κ3) is 9.86. The molecule has 260 valence electrons. The SMILES string of the molecule is CCCCNC(=O)[C@H](Cc1ccccc1)N(Cc1cccc(C)c1)C(=O)CN(c1ccc(Cl)c(C(F)(F)F)c1)S(=O)(=O)c1ccc(C)cc1. The van der Waals surface area contributed by atoms with E-state index in [1.807, 2.05) is 56.3 Å². The summed E-state index contributed by atoms with van der Waals surface area (Å²) in [6.07, 6.45) is -3.26. The number of rotatable bonds is 14. The zero-order valence-electron chi connectivity index (χ0n) is 27.5. The number of amides is 2. The van der Waals surface area contributed by atoms with Gasteiger partial charge in [0.1, 0.15) is 12.6 Å². The van der Waals surface area contributed by atoms with E-state index in [2.05, 4.69) is 5.32 Å². The fourth-order valence-corrected chi connectivity index (χ4v) is 6.95. The molecule has 0 saturated carbocycles. The van der Waals surface area contributed by atoms with Crippen molar-refractivity contribution in [3.8, 4) is 0 Å². The molecule has 4 aromatic rings. The van der Waals surface area contributed by atoms with Crippen molar-refractivity contribution in [1.29, 1.82) is 0 Å². The molecule has 0 aliphatic carbocycles. The van der Waals surface area contributed by atoms with Gasteiger partial charge >= 0.3 is 6.18 Å². The molecule has 49 heavy (non-hydrogen) atoms. The number of halogens is 4. The average molecular weight is 714 g/mol. The highest BCUT2D eigenvalue weighted by atomic mass is 35.5. The van der Waals surface area contributed by atoms with Gasteiger partial charge in [0.05, 0.1) is 21.2 Å². The zero-order chi connectivity index (χ0) is 35.8. The standard InChI is InChI=1S/C37H39ClF3N3O4S/c1-4-5-20-42-36(46)34(22-28-11-7-6-8-12-28)43(24-29-13-9-10-27(3)21-29)35(45)25-44(49(47,48)31-17-14-26(2)15-18-31)30-16-19-33(38)32(23-30)37(39,40)41/h6-19,21,23,34H,4-5,20,22,24-25H2,1-3H3,(H,42,46)/t34-/m0/s1. The van der Waals surface area contributed by atoms with Crippen LogP contribution in [0.5, 0.6) is 0 Å². The first kappa shape index (κ1) is 37.5. The molecule has 0 unspecified atom stereocenters. The van der Waals surface area contributed by atoms with Crippen molar-refractivity contribution < 1.29 is 31.2 Å². The third-order valence-electron chi connectivity index (χ3n) is 7.97. The Morgan fingerprint density at radius 1 is 0.857 bits per heavy atom. The predicted octanol–water partition coefficient (Wildman–Crippen LogP) is 7.73. The first-order valence-corrected chi connectivity index (χ1v) is 17.6. The largest absolute Gasteiger partial charge is 0.417 e. The average Bonchev–Trinajstić information content (AvgIpc) is 3.05. The fourth-order valence-electron chi connectivity index (χ4n) is 5.32. The fraction of sp³-hybridized carbons (Fsp3) is 0.297. The quantitative estimate of drug-likeness (QED) is 0.136. The highest BCUT2D eigenvalue weighted by Gasteiger charge is 2.37. The van der Waals surface area contributed by atoms with E-state index >= 15 is 0 Å². The number of hydrogen-bond donors (Lipinski definition) is 1. The Balaban J connectivity index is 1.85. The molecule has 4 aromatic carbocycles. The Bertz CT molecular complexity index is 1850. The Morgan fingerprint density at radius 3 is 2.16 bits per heavy atom. The minimum absolute atomic E-state index is 0.0634. The van der Waals surface area contributed by atoms with E-state index < -0.39 is 56.9 Å². The lowest BCUT2D eigenvalue weighted by atomic mass is 10.0. The summed E-state index contributed by atoms with van der Waals surface area (Å²) in [6.45, 7) is 5.02. The van der Waals surface area contributed by atoms with E-state index in [-0.39, 0.29) is 17.9 Å². The molecule has 1 atom stereocenters. The van der Waals surface area contributed by atoms with Crippen LogP contribution in [-0.4, -0.2) is 44.3 Å². The molecule has 1 N–H and O–H groups in total. The molecule has 0 fully saturated rings. The molecule has 0 bridgehead atoms. The number of anilines is 1. The van der Waals surface area contributed by atoms with E-state index in [1.165, 1.54) is 17.0 Å². The van der Waals surface area contributed by atoms with Crippen molar-refractivity contribution in [1.82, 2.24) is 10.2 Å². The number of benzene rings is 4. The first-order valence-electron chi connectivity index (χ1n) is 15.8. The predicted molar refractivity (Wildman–Crippen MR) is 186 cm³/mol. The van der Waals surface area contributed by atoms with Gasteiger partial charge in [-0.05, 0) is 61.7 Å². The van der Waals surface area contributed by atoms with Crippen molar-refractivity contribution in [2.75, 3.05) is 17.4 Å². The molecule has 0 aliphatic heterocycles. The van der Waals surface area contributed by atoms with Crippen molar-refractivity contribution in [3.05, 3.63) is 130 Å². The maximum atomic E-state index is 14.6. The second-order valence-electron chi connectivity index (χ2n) is 11.8. The number of alkyl halides is 3. The van der Waals surface area contributed by atoms with Crippen molar-refractivity contribution in [3.63, 3.8) is 0 Å². The molecule has 0 heterocycles. The minimum Gasteiger partial charge on any atom is -0.354 e. The number of nitrogens with zero attached hydrogens (tertiary/aromatic N) is 2. The van der Waals surface area contributed by atoms with Crippen LogP contribution >= 0.6 is 11.6 Å². The molecule has 7 nitrogen and oxygen atoms in total. The Hall–Kier alpha value is -4.35. The highest BCUT2D eigenvalue weighted by molar-refractivity contribution is 7.92. The van der Waals surface area contributed by atoms with Crippen molar-refractivity contribution in [2.45, 2.75) is 63.7 Å². The van der Waals surface area contributed by atoms with E-state index in [1.54, 1.807) is 31.2 Å². The van der Waals surface area contributed by atoms with Gasteiger partial charge in [0.25, 0.3) is 10.0 Å². The van der Waals surface area contributed by atoms with Gasteiger partial charge in [-0.1, -0.05) is 103 Å². The lowest BCUT2D eigenvalue weighted by Gasteiger charge is -2.34. The maximum Gasteiger partial charge on any atom is 0.417 e. The van der Waals surface area contributed by atoms with Crippen LogP contribution in [0.3, 0.4) is 0 Å². The molecule has 0 aromatic heterocycles. The van der Waals surface area contributed by atoms with Gasteiger partial charge in [0.15, 0.2) is 0 Å². The molecular weight excluding hydrogens is 675 g/mol. The second kappa shape index (κ2) is 16.4. The summed E-state index contributed by atoms with van der Waals surface area (Å²) in [7, 11) is -4.60. The number of carbonyl (C=O) groups excluding carboxylic acids is 2. The van der Waals surface area contributed by atoms with Crippen molar-refractivity contribution in [2.24, 2.45) is 0 Å². The summed E-state index contributed by atoms with van der Waals surface area (Å²) < 4.78 is 70.9. The van der Waals surface area contributed by atoms with E-state index in [0.29, 0.717) is 28.9 Å². The summed E-state index contributed by atoms with van der Waals surface area (Å²) in [5.74, 6) is -1.22. The Morgan fingerprint density at radius 2 is 1.53 bits per heavy atom. The normalized spacial score (nSPS) is 12.3. The first-order chi connectivity index (χ1) is 23.2. The number of carbonyl (C=O) groups is 2. The minimum atomic E-state index is -4.90. The molecular formula is C37H39ClF3N3O4S. The topological polar surface area (TPSA) is 86.8 Å². The third-order valence-corrected chi connectivity index (χ3v) is 10.1. The van der Waals surface area contributed by atoms with Crippen LogP contribution < -0.4 is 9.62 Å². The van der Waals surface area contributed by atoms with Crippen LogP contribution in [0.2, 0.25) is 5.02 Å². The van der Waals surface area contributed by atoms with Crippen LogP contribution in [0.15, 0.2) is 102 Å². The van der Waals surface area contributed by atoms with Crippen molar-refractivity contribution >= 4 is 39.1 Å². The summed E-state index contributed by atoms with van der Waals surface area (Å²) in [6, 6.07) is 23.8. The summed E-state index contributed by atoms with van der Waals surface area (Å²) in [4.78, 5) is 29.5. The van der Waals surface area contributed by atoms with Crippen LogP contribution in [0, 0.1) is 13.8 Å². The van der Waals surface area contributed by atoms with Crippen LogP contribution in [0.4, 0.5) is 18.9 Å². The molecule has 12 heteroatoms. The van der Waals surface area contributed by atoms with Gasteiger partial charge in [-0.15, -0.1) is 0 Å². The van der Waals surface area contributed by atoms with Crippen LogP contribution in [-0.2, 0) is 38.8 Å². The van der Waals surface area contributed by atoms with E-state index in [0.717, 1.165) is 35.2 Å². The summed E-state index contributed by atoms with van der Waals surface area (Å²) in [5, 5.41) is 2.29. The lowest BCUT2D eigenvalue weighted by Crippen LogP contribution is -2.53. The van der Waals surface area contributed by atoms with Crippen LogP contribution in [0.25, 0.3) is 0 Å². The number of hydrogen-bond acceptors (Lipinski definition) is 4. The van der Waals surface area contributed by atoms with E-state index in [9.17, 15) is 31.2 Å². The van der Waals surface area contributed by atoms with E-state index in [4.69, 9.17) is 11.6 Å². The van der Waals surface area contributed by atoms with Gasteiger partial charge in [0, 0.05) is 19.5 Å². The van der Waals surface area contributed by atoms with Gasteiger partial charge in [-0.25, -0.2) is 8.42 Å². The van der Waals surface area contributed by atoms with Gasteiger partial charge in [0.2, 0.25) is 11.8 Å². The van der Waals surface area contributed by atoms with Gasteiger partial charge < -0.3 is 10.2 Å². The number of nitrogens with one attached hydrogen (secondary N) is 1. The maximum absolute atomic E-state index is 14.6. The number of aryl methyl sites for hydroxylation is 2. The van der Waals surface area contributed by atoms with Crippen LogP contribution in [0.1, 0.15) is 47.6 Å². The molecule has 2 amide bonds. The highest BCUT2D eigenvalue weighted by Crippen LogP contribution is 2.38. The Kier molecular flexibility index (Phi) is 12.5. The smallest absolute Gasteiger partial charge is 0.354 e. The lowest BCUT2D eigenvalue weighted by molar-refractivity contribution is -0.140. The van der Waals surface area contributed by atoms with Gasteiger partial charge in [-0.3, -0.25) is 13.9 Å². The zero-order valence-corrected chi connectivity index (χ0v) is 29.1. The number of unbranched alkanes of at least 4 members (excludes halogenated alkanes) is 1. The molecule has 4 rings (SSSR count). The van der Waals surface area contributed by atoms with Gasteiger partial charge in [-0.2, -0.15) is 13.2 Å². The Labute approximate surface area is 290 Å². The summed E-state index contributed by atoms with van der Waals surface area (Å²) >= 11 is 5.89. The molecule has 0 spiro atoms. The molecule has 0 radical (unpaired) electrons. The number of sulfonamides is 1. The molecule has 0 aliphatic rings.